The minimum Gasteiger partial charge on any atom is -0.393 e. The molecule has 0 bridgehead atoms. The molecule has 0 heterocycles. The number of rotatable bonds is 1. The van der Waals surface area contributed by atoms with Gasteiger partial charge in [-0.3, -0.25) is 0 Å². The maximum absolute atomic E-state index is 10.7. The van der Waals surface area contributed by atoms with Crippen molar-refractivity contribution in [2.75, 3.05) is 0 Å². The van der Waals surface area contributed by atoms with Crippen molar-refractivity contribution in [3.8, 4) is 0 Å². The Morgan fingerprint density at radius 2 is 1.15 bits per heavy atom. The minimum absolute atomic E-state index is 0.136. The molecule has 10 saturated carbocycles. The Balaban J connectivity index is 0.000000129. The van der Waals surface area contributed by atoms with Crippen molar-refractivity contribution < 1.29 is 15.3 Å². The molecule has 3 nitrogen and oxygen atoms in total. The molecule has 0 aliphatic heterocycles. The summed E-state index contributed by atoms with van der Waals surface area (Å²) in [6.45, 7) is 13.6. The smallest absolute Gasteiger partial charge is 0.0625 e. The predicted molar refractivity (Wildman–Crippen MR) is 189 cm³/mol. The van der Waals surface area contributed by atoms with Crippen molar-refractivity contribution >= 4 is 0 Å². The zero-order valence-corrected chi connectivity index (χ0v) is 31.2. The van der Waals surface area contributed by atoms with Gasteiger partial charge in [-0.15, -0.1) is 0 Å². The first kappa shape index (κ1) is 32.5. The van der Waals surface area contributed by atoms with Gasteiger partial charge in [-0.25, -0.2) is 0 Å². The Kier molecular flexibility index (Phi) is 6.87. The molecule has 3 heteroatoms. The van der Waals surface area contributed by atoms with Gasteiger partial charge in [0.25, 0.3) is 0 Å². The quantitative estimate of drug-likeness (QED) is 0.249. The Morgan fingerprint density at radius 3 is 1.70 bits per heavy atom. The van der Waals surface area contributed by atoms with E-state index < -0.39 is 5.60 Å². The van der Waals surface area contributed by atoms with E-state index in [0.717, 1.165) is 61.2 Å². The molecular formula is C44H70O3. The fourth-order valence-electron chi connectivity index (χ4n) is 18.0. The zero-order chi connectivity index (χ0) is 33.0. The lowest BCUT2D eigenvalue weighted by molar-refractivity contribution is -0.107. The van der Waals surface area contributed by atoms with Crippen LogP contribution in [0.25, 0.3) is 0 Å². The van der Waals surface area contributed by atoms with Gasteiger partial charge in [-0.2, -0.15) is 0 Å². The van der Waals surface area contributed by atoms with E-state index in [1.165, 1.54) is 103 Å². The van der Waals surface area contributed by atoms with Gasteiger partial charge in [-0.05, 0) is 230 Å². The first-order chi connectivity index (χ1) is 22.1. The summed E-state index contributed by atoms with van der Waals surface area (Å²) < 4.78 is 0. The molecule has 10 aliphatic rings. The highest BCUT2D eigenvalue weighted by molar-refractivity contribution is 5.30. The summed E-state index contributed by atoms with van der Waals surface area (Å²) in [6.07, 6.45) is 28.7. The molecule has 0 aromatic carbocycles. The molecule has 0 saturated heterocycles. The van der Waals surface area contributed by atoms with Crippen LogP contribution in [0.4, 0.5) is 0 Å². The number of fused-ring (bicyclic) bond motifs is 6. The van der Waals surface area contributed by atoms with Gasteiger partial charge in [0.1, 0.15) is 0 Å². The second-order valence-corrected chi connectivity index (χ2v) is 21.7. The molecule has 16 atom stereocenters. The van der Waals surface area contributed by atoms with Crippen LogP contribution in [0.1, 0.15) is 170 Å². The highest BCUT2D eigenvalue weighted by atomic mass is 16.3. The van der Waals surface area contributed by atoms with E-state index in [1.807, 2.05) is 6.92 Å². The number of aliphatic hydroxyl groups excluding tert-OH is 1. The first-order valence-corrected chi connectivity index (χ1v) is 20.9. The SMILES string of the molecule is CC(O)C1CC[C@H]2[C@@H]3CC[C@]45C[C@](C)(O)CC[C@]4(C5)[C@H]3CC[C@]12C.CC=C1CC[C@H]2[C@@H]3CC[C@]45C[C@](C)(O)CC[C@]4(C5)[C@H]3CC[C@]12C. The second kappa shape index (κ2) is 9.93. The van der Waals surface area contributed by atoms with Crippen molar-refractivity contribution in [2.45, 2.75) is 187 Å². The summed E-state index contributed by atoms with van der Waals surface area (Å²) in [7, 11) is 0. The van der Waals surface area contributed by atoms with E-state index in [1.54, 1.807) is 5.57 Å². The van der Waals surface area contributed by atoms with Crippen LogP contribution in [0, 0.1) is 73.9 Å². The molecule has 0 radical (unpaired) electrons. The van der Waals surface area contributed by atoms with E-state index in [-0.39, 0.29) is 11.7 Å². The molecule has 10 aliphatic carbocycles. The summed E-state index contributed by atoms with van der Waals surface area (Å²) in [4.78, 5) is 0. The van der Waals surface area contributed by atoms with Gasteiger partial charge in [0.2, 0.25) is 0 Å². The maximum Gasteiger partial charge on any atom is 0.0625 e. The van der Waals surface area contributed by atoms with Crippen LogP contribution in [-0.2, 0) is 0 Å². The minimum atomic E-state index is -0.402. The average molecular weight is 647 g/mol. The first-order valence-electron chi connectivity index (χ1n) is 20.9. The molecule has 264 valence electrons. The van der Waals surface area contributed by atoms with E-state index >= 15 is 0 Å². The second-order valence-electron chi connectivity index (χ2n) is 21.7. The lowest BCUT2D eigenvalue weighted by Gasteiger charge is -2.57. The van der Waals surface area contributed by atoms with E-state index in [2.05, 4.69) is 40.7 Å². The lowest BCUT2D eigenvalue weighted by Crippen LogP contribution is -2.51. The largest absolute Gasteiger partial charge is 0.393 e. The standard InChI is InChI=1S/C22H36O2.C22H34O/c1-14(23)16-4-5-17-15-6-9-21-12-19(2,24)10-11-22(21,13-21)18(15)7-8-20(16,17)3;1-4-15-5-6-17-16-7-10-21-13-19(2,23)11-12-22(21,14-21)18(16)8-9-20(15,17)3/h14-18,23-24H,4-13H2,1-3H3;4,16-18,23H,5-14H2,1-3H3/t14?,15-,16?,17-,18-,19+,20+,21+,22-;16-,17-,18-,19+,20+,21+,22-/m00/s1. The van der Waals surface area contributed by atoms with Gasteiger partial charge in [0.15, 0.2) is 0 Å². The predicted octanol–water partition coefficient (Wildman–Crippen LogP) is 10.0. The van der Waals surface area contributed by atoms with Crippen molar-refractivity contribution in [3.05, 3.63) is 11.6 Å². The fraction of sp³-hybridized carbons (Fsp3) is 0.955. The summed E-state index contributed by atoms with van der Waals surface area (Å²) in [5.41, 5.74) is 4.22. The fourth-order valence-corrected chi connectivity index (χ4v) is 18.0. The van der Waals surface area contributed by atoms with Gasteiger partial charge in [0.05, 0.1) is 17.3 Å². The van der Waals surface area contributed by atoms with Crippen molar-refractivity contribution in [1.82, 2.24) is 0 Å². The van der Waals surface area contributed by atoms with Crippen LogP contribution in [-0.4, -0.2) is 32.6 Å². The molecule has 10 rings (SSSR count). The van der Waals surface area contributed by atoms with Crippen molar-refractivity contribution in [1.29, 1.82) is 0 Å². The van der Waals surface area contributed by atoms with Gasteiger partial charge in [-0.1, -0.05) is 25.5 Å². The zero-order valence-electron chi connectivity index (χ0n) is 31.2. The summed E-state index contributed by atoms with van der Waals surface area (Å²) >= 11 is 0. The Hall–Kier alpha value is -0.380. The van der Waals surface area contributed by atoms with Crippen molar-refractivity contribution in [3.63, 3.8) is 0 Å². The summed E-state index contributed by atoms with van der Waals surface area (Å²) in [6, 6.07) is 0. The Morgan fingerprint density at radius 1 is 0.596 bits per heavy atom. The van der Waals surface area contributed by atoms with Gasteiger partial charge >= 0.3 is 0 Å². The number of hydrogen-bond acceptors (Lipinski definition) is 3. The lowest BCUT2D eigenvalue weighted by atomic mass is 9.48. The molecule has 0 aromatic heterocycles. The van der Waals surface area contributed by atoms with Crippen LogP contribution in [0.2, 0.25) is 0 Å². The van der Waals surface area contributed by atoms with Crippen LogP contribution in [0.15, 0.2) is 11.6 Å². The van der Waals surface area contributed by atoms with Crippen LogP contribution < -0.4 is 0 Å². The van der Waals surface area contributed by atoms with E-state index in [0.29, 0.717) is 38.4 Å². The van der Waals surface area contributed by atoms with E-state index in [4.69, 9.17) is 0 Å². The molecule has 3 N–H and O–H groups in total. The Labute approximate surface area is 287 Å². The van der Waals surface area contributed by atoms with Gasteiger partial charge < -0.3 is 15.3 Å². The topological polar surface area (TPSA) is 60.7 Å². The molecule has 2 unspecified atom stereocenters. The summed E-state index contributed by atoms with van der Waals surface area (Å²) in [5, 5.41) is 31.6. The monoisotopic (exact) mass is 647 g/mol. The normalized spacial score (nSPS) is 62.6. The highest BCUT2D eigenvalue weighted by Crippen LogP contribution is 2.85. The molecule has 47 heavy (non-hydrogen) atoms. The average Bonchev–Trinajstić information content (AvgIpc) is 3.77. The third-order valence-corrected chi connectivity index (χ3v) is 19.9. The maximum atomic E-state index is 10.7. The van der Waals surface area contributed by atoms with Crippen LogP contribution in [0.5, 0.6) is 0 Å². The Bertz CT molecular complexity index is 1330. The number of hydrogen-bond donors (Lipinski definition) is 3. The third kappa shape index (κ3) is 4.21. The summed E-state index contributed by atoms with van der Waals surface area (Å²) in [5.74, 6) is 6.15. The molecular weight excluding hydrogens is 576 g/mol. The van der Waals surface area contributed by atoms with E-state index in [9.17, 15) is 15.3 Å². The molecule has 10 fully saturated rings. The van der Waals surface area contributed by atoms with Crippen LogP contribution >= 0.6 is 0 Å². The molecule has 0 amide bonds. The number of allylic oxidation sites excluding steroid dienone is 2. The number of aliphatic hydroxyl groups is 3. The highest BCUT2D eigenvalue weighted by Gasteiger charge is 2.78. The third-order valence-electron chi connectivity index (χ3n) is 19.9. The molecule has 0 aromatic rings. The van der Waals surface area contributed by atoms with Gasteiger partial charge in [0, 0.05) is 0 Å². The molecule has 0 spiro atoms. The van der Waals surface area contributed by atoms with Crippen molar-refractivity contribution in [2.24, 2.45) is 73.9 Å². The van der Waals surface area contributed by atoms with Crippen LogP contribution in [0.3, 0.4) is 0 Å².